The zero-order valence-electron chi connectivity index (χ0n) is 34.2. The summed E-state index contributed by atoms with van der Waals surface area (Å²) >= 11 is 1.81. The van der Waals surface area contributed by atoms with E-state index in [0.29, 0.717) is 37.5 Å². The molecule has 1 unspecified atom stereocenters. The van der Waals surface area contributed by atoms with E-state index in [4.69, 9.17) is 26.3 Å². The second-order valence-corrected chi connectivity index (χ2v) is 16.0. The second kappa shape index (κ2) is 27.6. The smallest absolute Gasteiger partial charge is 0.315 e. The Hall–Kier alpha value is -6.25. The normalized spacial score (nSPS) is 18.0. The van der Waals surface area contributed by atoms with E-state index >= 15 is 0 Å². The Bertz CT molecular complexity index is 1700. The standard InChI is InChI=1S/C36H56N10O16S/c37-32(57)19(5-3-4-12-38-24(47)7-2-1-6-23-31-22(17-63-23)44-36(61)45-31)41-27(50)16-39-26(49)15-40-34(59)20(8-10-28(51)52)43-35(60)21(9-11-29(53)54)42-33(58)18(14-30(55)56)13-25(48)46-62/h18-23,31,62H,1-17H2,(H2,37,57)(H,38,47)(H,39,49)(H,40,59)(H,41,50)(H,42,58)(H,43,60)(H,46,48)(H,51,52)(H,53,54)(H,55,56)(H2,44,45,61)/t18?,19-,20-,21-,22-,23-,31-/m0/s1. The Balaban J connectivity index is 1.80. The van der Waals surface area contributed by atoms with E-state index in [1.807, 2.05) is 0 Å². The van der Waals surface area contributed by atoms with Gasteiger partial charge in [-0.1, -0.05) is 6.42 Å². The number of unbranched alkanes of at least 4 members (excludes halogenated alkanes) is 2. The summed E-state index contributed by atoms with van der Waals surface area (Å²) in [6.07, 6.45) is -0.603. The summed E-state index contributed by atoms with van der Waals surface area (Å²) in [6, 6.07) is -4.43. The summed E-state index contributed by atoms with van der Waals surface area (Å²) in [5, 5.41) is 56.2. The van der Waals surface area contributed by atoms with Crippen LogP contribution < -0.4 is 53.7 Å². The number of hydroxylamine groups is 1. The molecule has 10 amide bonds. The highest BCUT2D eigenvalue weighted by molar-refractivity contribution is 8.00. The lowest BCUT2D eigenvalue weighted by Crippen LogP contribution is -2.55. The number of rotatable bonds is 31. The molecule has 0 bridgehead atoms. The number of carbonyl (C=O) groups is 12. The number of carboxylic acids is 3. The molecule has 2 heterocycles. The first-order valence-corrected chi connectivity index (χ1v) is 21.1. The molecule has 0 saturated carbocycles. The van der Waals surface area contributed by atoms with Crippen molar-refractivity contribution in [3.63, 3.8) is 0 Å². The highest BCUT2D eigenvalue weighted by atomic mass is 32.2. The molecule has 7 atom stereocenters. The number of thioether (sulfide) groups is 1. The van der Waals surface area contributed by atoms with E-state index in [1.165, 1.54) is 5.48 Å². The van der Waals surface area contributed by atoms with E-state index in [2.05, 4.69) is 42.5 Å². The van der Waals surface area contributed by atoms with Crippen molar-refractivity contribution in [2.24, 2.45) is 11.7 Å². The van der Waals surface area contributed by atoms with Crippen molar-refractivity contribution < 1.29 is 78.1 Å². The summed E-state index contributed by atoms with van der Waals surface area (Å²) in [4.78, 5) is 145. The van der Waals surface area contributed by atoms with Crippen LogP contribution in [0.1, 0.15) is 83.5 Å². The molecule has 0 aromatic heterocycles. The highest BCUT2D eigenvalue weighted by Crippen LogP contribution is 2.33. The maximum absolute atomic E-state index is 13.2. The first-order chi connectivity index (χ1) is 29.8. The summed E-state index contributed by atoms with van der Waals surface area (Å²) < 4.78 is 0. The van der Waals surface area contributed by atoms with Gasteiger partial charge < -0.3 is 63.6 Å². The van der Waals surface area contributed by atoms with Gasteiger partial charge in [-0.15, -0.1) is 0 Å². The lowest BCUT2D eigenvalue weighted by molar-refractivity contribution is -0.143. The third kappa shape index (κ3) is 20.9. The SMILES string of the molecule is NC(=O)[C@H](CCCCNC(=O)CCCC[C@@H]1SC[C@@H]2NC(=O)N[C@@H]21)NC(=O)CNC(=O)CNC(=O)[C@H](CCC(=O)O)NC(=O)[C@H](CCC(=O)O)NC(=O)C(CC(=O)O)CC(=O)NO. The lowest BCUT2D eigenvalue weighted by Gasteiger charge is -2.24. The number of carboxylic acid groups (broad SMARTS) is 3. The molecule has 26 nitrogen and oxygen atoms in total. The summed E-state index contributed by atoms with van der Waals surface area (Å²) in [5.74, 6) is -12.5. The summed E-state index contributed by atoms with van der Waals surface area (Å²) in [6.45, 7) is -1.13. The third-order valence-corrected chi connectivity index (χ3v) is 11.3. The van der Waals surface area contributed by atoms with Crippen LogP contribution in [-0.4, -0.2) is 153 Å². The van der Waals surface area contributed by atoms with Crippen LogP contribution in [-0.2, 0) is 52.7 Å². The largest absolute Gasteiger partial charge is 0.481 e. The van der Waals surface area contributed by atoms with Gasteiger partial charge >= 0.3 is 23.9 Å². The molecule has 2 aliphatic rings. The van der Waals surface area contributed by atoms with Gasteiger partial charge in [0.05, 0.1) is 37.5 Å². The molecule has 2 saturated heterocycles. The molecule has 2 rings (SSSR count). The minimum Gasteiger partial charge on any atom is -0.481 e. The Labute approximate surface area is 364 Å². The lowest BCUT2D eigenvalue weighted by atomic mass is 9.98. The van der Waals surface area contributed by atoms with Crippen LogP contribution in [0.4, 0.5) is 4.79 Å². The maximum atomic E-state index is 13.2. The van der Waals surface area contributed by atoms with E-state index in [1.54, 1.807) is 11.8 Å². The highest BCUT2D eigenvalue weighted by Gasteiger charge is 2.42. The topological polar surface area (TPSA) is 420 Å². The average Bonchev–Trinajstić information content (AvgIpc) is 3.77. The monoisotopic (exact) mass is 916 g/mol. The molecule has 0 aromatic carbocycles. The second-order valence-electron chi connectivity index (χ2n) is 14.8. The number of urea groups is 1. The first-order valence-electron chi connectivity index (χ1n) is 20.1. The van der Waals surface area contributed by atoms with Gasteiger partial charge in [0.15, 0.2) is 0 Å². The first kappa shape index (κ1) is 52.9. The van der Waals surface area contributed by atoms with E-state index in [0.717, 1.165) is 18.6 Å². The summed E-state index contributed by atoms with van der Waals surface area (Å²) in [5.41, 5.74) is 6.65. The molecule has 352 valence electrons. The molecule has 63 heavy (non-hydrogen) atoms. The Kier molecular flexibility index (Phi) is 23.2. The Morgan fingerprint density at radius 1 is 0.635 bits per heavy atom. The van der Waals surface area contributed by atoms with Gasteiger partial charge in [0.25, 0.3) is 0 Å². The van der Waals surface area contributed by atoms with Gasteiger partial charge in [-0.25, -0.2) is 10.3 Å². The number of amides is 10. The van der Waals surface area contributed by atoms with Gasteiger partial charge in [0, 0.05) is 43.2 Å². The molecular weight excluding hydrogens is 861 g/mol. The Morgan fingerprint density at radius 3 is 1.89 bits per heavy atom. The fourth-order valence-electron chi connectivity index (χ4n) is 6.50. The van der Waals surface area contributed by atoms with Gasteiger partial charge in [0.1, 0.15) is 18.1 Å². The molecule has 2 fully saturated rings. The zero-order valence-corrected chi connectivity index (χ0v) is 35.1. The van der Waals surface area contributed by atoms with Crippen LogP contribution >= 0.6 is 11.8 Å². The van der Waals surface area contributed by atoms with Crippen molar-refractivity contribution in [1.29, 1.82) is 0 Å². The van der Waals surface area contributed by atoms with Crippen LogP contribution in [0.25, 0.3) is 0 Å². The van der Waals surface area contributed by atoms with E-state index < -0.39 is 135 Å². The van der Waals surface area contributed by atoms with E-state index in [-0.39, 0.29) is 30.4 Å². The fraction of sp³-hybridized carbons (Fsp3) is 0.667. The number of nitrogens with one attached hydrogen (secondary N) is 9. The van der Waals surface area contributed by atoms with Gasteiger partial charge in [-0.2, -0.15) is 11.8 Å². The van der Waals surface area contributed by atoms with Crippen molar-refractivity contribution in [1.82, 2.24) is 48.0 Å². The predicted octanol–water partition coefficient (Wildman–Crippen LogP) is -4.11. The van der Waals surface area contributed by atoms with Crippen molar-refractivity contribution in [2.75, 3.05) is 25.4 Å². The van der Waals surface area contributed by atoms with Crippen LogP contribution in [0.2, 0.25) is 0 Å². The predicted molar refractivity (Wildman–Crippen MR) is 216 cm³/mol. The van der Waals surface area contributed by atoms with Gasteiger partial charge in [0.2, 0.25) is 47.3 Å². The van der Waals surface area contributed by atoms with Gasteiger partial charge in [-0.3, -0.25) is 57.9 Å². The van der Waals surface area contributed by atoms with Gasteiger partial charge in [-0.05, 0) is 44.9 Å². The number of fused-ring (bicyclic) bond motifs is 1. The van der Waals surface area contributed by atoms with Crippen molar-refractivity contribution >= 4 is 83.0 Å². The number of hydrogen-bond donors (Lipinski definition) is 14. The number of nitrogens with two attached hydrogens (primary N) is 1. The number of aliphatic carboxylic acids is 3. The molecule has 2 aliphatic heterocycles. The van der Waals surface area contributed by atoms with Crippen molar-refractivity contribution in [3.05, 3.63) is 0 Å². The third-order valence-electron chi connectivity index (χ3n) is 9.78. The van der Waals surface area contributed by atoms with E-state index in [9.17, 15) is 57.5 Å². The minimum atomic E-state index is -1.74. The number of hydrogen-bond acceptors (Lipinski definition) is 14. The van der Waals surface area contributed by atoms with Crippen LogP contribution in [0.5, 0.6) is 0 Å². The molecule has 15 N–H and O–H groups in total. The van der Waals surface area contributed by atoms with Crippen molar-refractivity contribution in [2.45, 2.75) is 119 Å². The van der Waals surface area contributed by atoms with Crippen LogP contribution in [0.15, 0.2) is 0 Å². The molecule has 27 heteroatoms. The average molecular weight is 917 g/mol. The summed E-state index contributed by atoms with van der Waals surface area (Å²) in [7, 11) is 0. The molecule has 0 radical (unpaired) electrons. The van der Waals surface area contributed by atoms with Crippen LogP contribution in [0, 0.1) is 5.92 Å². The molecule has 0 aromatic rings. The molecule has 0 spiro atoms. The molecular formula is C36H56N10O16S. The quantitative estimate of drug-likeness (QED) is 0.0136. The maximum Gasteiger partial charge on any atom is 0.315 e. The zero-order chi connectivity index (χ0) is 47.1. The number of primary amides is 1. The minimum absolute atomic E-state index is 0.107. The Morgan fingerprint density at radius 2 is 1.27 bits per heavy atom. The van der Waals surface area contributed by atoms with Crippen molar-refractivity contribution in [3.8, 4) is 0 Å². The fourth-order valence-corrected chi connectivity index (χ4v) is 8.04. The number of carbonyl (C=O) groups excluding carboxylic acids is 9. The molecule has 0 aliphatic carbocycles. The van der Waals surface area contributed by atoms with Crippen LogP contribution in [0.3, 0.4) is 0 Å².